The van der Waals surface area contributed by atoms with Crippen LogP contribution in [-0.2, 0) is 0 Å². The van der Waals surface area contributed by atoms with Crippen LogP contribution in [0, 0.1) is 32.8 Å². The third-order valence-electron chi connectivity index (χ3n) is 2.52. The molecular formula is C12H11N5O3. The molecule has 0 radical (unpaired) electrons. The molecule has 1 amide bonds. The number of benzene rings is 1. The second-order valence-electron chi connectivity index (χ2n) is 3.72. The number of hydrogen-bond acceptors (Lipinski definition) is 6. The van der Waals surface area contributed by atoms with Gasteiger partial charge in [0.2, 0.25) is 0 Å². The molecule has 1 aromatic carbocycles. The molecule has 0 saturated heterocycles. The van der Waals surface area contributed by atoms with Crippen LogP contribution in [0.5, 0.6) is 0 Å². The monoisotopic (exact) mass is 273 g/mol. The molecule has 8 heteroatoms. The van der Waals surface area contributed by atoms with E-state index in [9.17, 15) is 14.9 Å². The molecular weight excluding hydrogens is 262 g/mol. The molecule has 0 spiro atoms. The van der Waals surface area contributed by atoms with Crippen molar-refractivity contribution in [1.29, 1.82) is 10.5 Å². The average Bonchev–Trinajstić information content (AvgIpc) is 2.45. The molecule has 0 aliphatic carbocycles. The van der Waals surface area contributed by atoms with Crippen molar-refractivity contribution in [2.24, 2.45) is 0 Å². The van der Waals surface area contributed by atoms with Crippen molar-refractivity contribution >= 4 is 17.3 Å². The lowest BCUT2D eigenvalue weighted by molar-refractivity contribution is -0.385. The Bertz CT molecular complexity index is 598. The summed E-state index contributed by atoms with van der Waals surface area (Å²) in [7, 11) is 1.61. The van der Waals surface area contributed by atoms with E-state index in [1.807, 2.05) is 0 Å². The highest BCUT2D eigenvalue weighted by molar-refractivity contribution is 5.99. The van der Waals surface area contributed by atoms with Crippen molar-refractivity contribution in [2.75, 3.05) is 25.5 Å². The minimum Gasteiger partial charge on any atom is -0.388 e. The highest BCUT2D eigenvalue weighted by Gasteiger charge is 2.25. The standard InChI is InChI=1S/C12H11N5O3/c1-15-9-2-3-11(17(19)20)10(8-9)12(18)16(6-4-13)7-5-14/h2-3,8,15H,6-7H2,1H3. The number of nitro groups is 1. The number of nitro benzene ring substituents is 1. The van der Waals surface area contributed by atoms with Crippen molar-refractivity contribution < 1.29 is 9.72 Å². The van der Waals surface area contributed by atoms with Crippen LogP contribution in [-0.4, -0.2) is 35.9 Å². The maximum absolute atomic E-state index is 12.2. The molecule has 0 unspecified atom stereocenters. The predicted octanol–water partition coefficient (Wildman–Crippen LogP) is 1.13. The van der Waals surface area contributed by atoms with Crippen LogP contribution in [0.3, 0.4) is 0 Å². The topological polar surface area (TPSA) is 123 Å². The number of nitrogens with one attached hydrogen (secondary N) is 1. The maximum atomic E-state index is 12.2. The van der Waals surface area contributed by atoms with Gasteiger partial charge in [-0.3, -0.25) is 14.9 Å². The first-order valence-electron chi connectivity index (χ1n) is 5.54. The molecule has 20 heavy (non-hydrogen) atoms. The zero-order valence-corrected chi connectivity index (χ0v) is 10.7. The minimum atomic E-state index is -0.725. The second kappa shape index (κ2) is 6.71. The Hall–Kier alpha value is -3.13. The number of hydrogen-bond donors (Lipinski definition) is 1. The first kappa shape index (κ1) is 14.9. The summed E-state index contributed by atoms with van der Waals surface area (Å²) in [5.74, 6) is -0.725. The minimum absolute atomic E-state index is 0.160. The molecule has 0 aliphatic rings. The van der Waals surface area contributed by atoms with Crippen molar-refractivity contribution in [3.05, 3.63) is 33.9 Å². The molecule has 8 nitrogen and oxygen atoms in total. The van der Waals surface area contributed by atoms with E-state index < -0.39 is 10.8 Å². The highest BCUT2D eigenvalue weighted by atomic mass is 16.6. The fraction of sp³-hybridized carbons (Fsp3) is 0.250. The summed E-state index contributed by atoms with van der Waals surface area (Å²) in [5, 5.41) is 31.0. The fourth-order valence-electron chi connectivity index (χ4n) is 1.56. The third kappa shape index (κ3) is 3.21. The number of carbonyl (C=O) groups excluding carboxylic acids is 1. The summed E-state index contributed by atoms with van der Waals surface area (Å²) in [6.07, 6.45) is 0. The summed E-state index contributed by atoms with van der Waals surface area (Å²) in [6.45, 7) is -0.624. The molecule has 102 valence electrons. The molecule has 1 aromatic rings. The fourth-order valence-corrected chi connectivity index (χ4v) is 1.56. The normalized spacial score (nSPS) is 9.15. The lowest BCUT2D eigenvalue weighted by atomic mass is 10.1. The number of nitrogens with zero attached hydrogens (tertiary/aromatic N) is 4. The number of anilines is 1. The maximum Gasteiger partial charge on any atom is 0.282 e. The Kier molecular flexibility index (Phi) is 5.01. The van der Waals surface area contributed by atoms with E-state index >= 15 is 0 Å². The molecule has 0 bridgehead atoms. The van der Waals surface area contributed by atoms with E-state index in [0.29, 0.717) is 5.69 Å². The third-order valence-corrected chi connectivity index (χ3v) is 2.52. The highest BCUT2D eigenvalue weighted by Crippen LogP contribution is 2.24. The zero-order valence-electron chi connectivity index (χ0n) is 10.7. The summed E-state index contributed by atoms with van der Waals surface area (Å²) in [5.41, 5.74) is -0.00459. The van der Waals surface area contributed by atoms with Crippen LogP contribution in [0.2, 0.25) is 0 Å². The summed E-state index contributed by atoms with van der Waals surface area (Å²) in [4.78, 5) is 23.4. The van der Waals surface area contributed by atoms with Gasteiger partial charge in [-0.1, -0.05) is 0 Å². The van der Waals surface area contributed by atoms with E-state index in [1.54, 1.807) is 19.2 Å². The second-order valence-corrected chi connectivity index (χ2v) is 3.72. The Morgan fingerprint density at radius 3 is 2.45 bits per heavy atom. The summed E-state index contributed by atoms with van der Waals surface area (Å²) >= 11 is 0. The Balaban J connectivity index is 3.28. The van der Waals surface area contributed by atoms with Crippen molar-refractivity contribution in [3.63, 3.8) is 0 Å². The van der Waals surface area contributed by atoms with Gasteiger partial charge in [0.25, 0.3) is 11.6 Å². The quantitative estimate of drug-likeness (QED) is 0.487. The van der Waals surface area contributed by atoms with Gasteiger partial charge in [0.1, 0.15) is 18.7 Å². The Labute approximate surface area is 115 Å². The van der Waals surface area contributed by atoms with Gasteiger partial charge >= 0.3 is 0 Å². The molecule has 0 fully saturated rings. The first-order valence-corrected chi connectivity index (χ1v) is 5.54. The van der Waals surface area contributed by atoms with Crippen LogP contribution >= 0.6 is 0 Å². The van der Waals surface area contributed by atoms with Gasteiger partial charge in [-0.05, 0) is 12.1 Å². The van der Waals surface area contributed by atoms with Gasteiger partial charge in [-0.15, -0.1) is 0 Å². The molecule has 0 aliphatic heterocycles. The molecule has 0 aromatic heterocycles. The lowest BCUT2D eigenvalue weighted by Crippen LogP contribution is -2.32. The van der Waals surface area contributed by atoms with Crippen LogP contribution in [0.4, 0.5) is 11.4 Å². The largest absolute Gasteiger partial charge is 0.388 e. The Morgan fingerprint density at radius 1 is 1.40 bits per heavy atom. The summed E-state index contributed by atoms with van der Waals surface area (Å²) < 4.78 is 0. The van der Waals surface area contributed by atoms with E-state index in [4.69, 9.17) is 10.5 Å². The van der Waals surface area contributed by atoms with Crippen molar-refractivity contribution in [1.82, 2.24) is 4.90 Å². The molecule has 0 saturated carbocycles. The van der Waals surface area contributed by atoms with Crippen molar-refractivity contribution in [2.45, 2.75) is 0 Å². The van der Waals surface area contributed by atoms with E-state index in [-0.39, 0.29) is 24.3 Å². The van der Waals surface area contributed by atoms with E-state index in [1.165, 1.54) is 18.2 Å². The molecule has 1 N–H and O–H groups in total. The molecule has 0 atom stereocenters. The van der Waals surface area contributed by atoms with Crippen molar-refractivity contribution in [3.8, 4) is 12.1 Å². The van der Waals surface area contributed by atoms with Crippen LogP contribution < -0.4 is 5.32 Å². The predicted molar refractivity (Wildman–Crippen MR) is 69.8 cm³/mol. The van der Waals surface area contributed by atoms with Gasteiger partial charge < -0.3 is 10.2 Å². The number of nitriles is 2. The van der Waals surface area contributed by atoms with Crippen LogP contribution in [0.15, 0.2) is 18.2 Å². The van der Waals surface area contributed by atoms with Gasteiger partial charge in [0.05, 0.1) is 17.1 Å². The van der Waals surface area contributed by atoms with Gasteiger partial charge in [-0.2, -0.15) is 10.5 Å². The molecule has 1 rings (SSSR count). The number of carbonyl (C=O) groups is 1. The Morgan fingerprint density at radius 2 is 2.00 bits per heavy atom. The first-order chi connectivity index (χ1) is 9.54. The molecule has 0 heterocycles. The van der Waals surface area contributed by atoms with Crippen LogP contribution in [0.1, 0.15) is 10.4 Å². The van der Waals surface area contributed by atoms with Gasteiger partial charge in [-0.25, -0.2) is 0 Å². The van der Waals surface area contributed by atoms with Gasteiger partial charge in [0.15, 0.2) is 0 Å². The van der Waals surface area contributed by atoms with E-state index in [2.05, 4.69) is 5.32 Å². The SMILES string of the molecule is CNc1ccc([N+](=O)[O-])c(C(=O)N(CC#N)CC#N)c1. The van der Waals surface area contributed by atoms with Crippen LogP contribution in [0.25, 0.3) is 0 Å². The average molecular weight is 273 g/mol. The lowest BCUT2D eigenvalue weighted by Gasteiger charge is -2.16. The zero-order chi connectivity index (χ0) is 15.1. The number of amides is 1. The number of rotatable bonds is 5. The van der Waals surface area contributed by atoms with E-state index in [0.717, 1.165) is 4.90 Å². The smallest absolute Gasteiger partial charge is 0.282 e. The summed E-state index contributed by atoms with van der Waals surface area (Å²) in [6, 6.07) is 7.49. The van der Waals surface area contributed by atoms with Gasteiger partial charge in [0, 0.05) is 18.8 Å².